The van der Waals surface area contributed by atoms with Crippen molar-refractivity contribution >= 4 is 27.7 Å². The monoisotopic (exact) mass is 546 g/mol. The molecule has 1 atom stereocenters. The van der Waals surface area contributed by atoms with Crippen molar-refractivity contribution in [2.45, 2.75) is 66.0 Å². The normalized spacial score (nSPS) is 12.3. The average Bonchev–Trinajstić information content (AvgIpc) is 2.81. The molecule has 2 aromatic carbocycles. The molecule has 0 radical (unpaired) electrons. The fourth-order valence-electron chi connectivity index (χ4n) is 3.58. The summed E-state index contributed by atoms with van der Waals surface area (Å²) in [5.74, 6) is 1.24. The van der Waals surface area contributed by atoms with Gasteiger partial charge < -0.3 is 19.7 Å². The van der Waals surface area contributed by atoms with Gasteiger partial charge in [-0.25, -0.2) is 0 Å². The molecule has 0 fully saturated rings. The highest BCUT2D eigenvalue weighted by Gasteiger charge is 2.29. The summed E-state index contributed by atoms with van der Waals surface area (Å²) in [7, 11) is 1.61. The zero-order valence-electron chi connectivity index (χ0n) is 22.0. The fourth-order valence-corrected chi connectivity index (χ4v) is 4.07. The minimum atomic E-state index is -0.598. The van der Waals surface area contributed by atoms with E-state index in [0.717, 1.165) is 21.3 Å². The lowest BCUT2D eigenvalue weighted by molar-refractivity contribution is -0.143. The van der Waals surface area contributed by atoms with Crippen molar-refractivity contribution in [3.05, 3.63) is 58.1 Å². The Labute approximate surface area is 218 Å². The van der Waals surface area contributed by atoms with Crippen LogP contribution in [0.5, 0.6) is 11.5 Å². The Bertz CT molecular complexity index is 983. The van der Waals surface area contributed by atoms with E-state index in [2.05, 4.69) is 42.0 Å². The van der Waals surface area contributed by atoms with Gasteiger partial charge in [-0.2, -0.15) is 0 Å². The number of ether oxygens (including phenoxy) is 2. The minimum absolute atomic E-state index is 0.00370. The fraction of sp³-hybridized carbons (Fsp3) is 0.500. The van der Waals surface area contributed by atoms with Crippen LogP contribution >= 0.6 is 15.9 Å². The molecule has 35 heavy (non-hydrogen) atoms. The Hall–Kier alpha value is -2.54. The van der Waals surface area contributed by atoms with E-state index in [1.54, 1.807) is 12.0 Å². The van der Waals surface area contributed by atoms with Gasteiger partial charge >= 0.3 is 0 Å². The maximum atomic E-state index is 13.4. The topological polar surface area (TPSA) is 67.9 Å². The second-order valence-corrected chi connectivity index (χ2v) is 11.0. The zero-order chi connectivity index (χ0) is 26.2. The summed E-state index contributed by atoms with van der Waals surface area (Å²) in [6, 6.07) is 12.8. The molecule has 6 nitrogen and oxygen atoms in total. The summed E-state index contributed by atoms with van der Waals surface area (Å²) in [4.78, 5) is 28.0. The standard InChI is InChI=1S/C28H39BrN2O4/c1-8-24(27(33)30-16-19(2)3)31(17-20-9-12-22(34-7)13-10-20)26(32)18-35-25-14-11-21(15-23(25)29)28(4,5)6/h9-15,19,24H,8,16-18H2,1-7H3,(H,30,33)/t24-/m1/s1. The molecule has 0 aromatic heterocycles. The number of rotatable bonds is 11. The van der Waals surface area contributed by atoms with Crippen molar-refractivity contribution in [1.82, 2.24) is 10.2 Å². The molecule has 192 valence electrons. The van der Waals surface area contributed by atoms with Gasteiger partial charge in [0, 0.05) is 13.1 Å². The SMILES string of the molecule is CC[C@H](C(=O)NCC(C)C)N(Cc1ccc(OC)cc1)C(=O)COc1ccc(C(C)(C)C)cc1Br. The molecule has 7 heteroatoms. The van der Waals surface area contributed by atoms with Crippen LogP contribution in [0.1, 0.15) is 59.1 Å². The number of nitrogens with one attached hydrogen (secondary N) is 1. The number of carbonyl (C=O) groups excluding carboxylic acids is 2. The minimum Gasteiger partial charge on any atom is -0.497 e. The molecule has 2 amide bonds. The maximum Gasteiger partial charge on any atom is 0.261 e. The lowest BCUT2D eigenvalue weighted by Gasteiger charge is -2.31. The Morgan fingerprint density at radius 3 is 2.26 bits per heavy atom. The molecule has 0 spiro atoms. The molecule has 0 saturated heterocycles. The van der Waals surface area contributed by atoms with Crippen LogP contribution in [-0.4, -0.2) is 43.0 Å². The Balaban J connectivity index is 2.23. The van der Waals surface area contributed by atoms with Gasteiger partial charge in [-0.05, 0) is 69.1 Å². The van der Waals surface area contributed by atoms with Crippen molar-refractivity contribution < 1.29 is 19.1 Å². The number of halogens is 1. The van der Waals surface area contributed by atoms with Crippen LogP contribution in [0.3, 0.4) is 0 Å². The van der Waals surface area contributed by atoms with Crippen LogP contribution in [-0.2, 0) is 21.5 Å². The first kappa shape index (κ1) is 28.7. The van der Waals surface area contributed by atoms with Crippen LogP contribution in [0.25, 0.3) is 0 Å². The first-order chi connectivity index (χ1) is 16.5. The number of methoxy groups -OCH3 is 1. The van der Waals surface area contributed by atoms with Crippen LogP contribution in [0.2, 0.25) is 0 Å². The average molecular weight is 548 g/mol. The van der Waals surface area contributed by atoms with Gasteiger partial charge in [0.2, 0.25) is 5.91 Å². The lowest BCUT2D eigenvalue weighted by Crippen LogP contribution is -2.50. The highest BCUT2D eigenvalue weighted by Crippen LogP contribution is 2.31. The van der Waals surface area contributed by atoms with Crippen molar-refractivity contribution in [1.29, 1.82) is 0 Å². The molecule has 0 saturated carbocycles. The molecule has 1 N–H and O–H groups in total. The number of hydrogen-bond donors (Lipinski definition) is 1. The van der Waals surface area contributed by atoms with E-state index >= 15 is 0 Å². The van der Waals surface area contributed by atoms with Crippen LogP contribution in [0.4, 0.5) is 0 Å². The van der Waals surface area contributed by atoms with E-state index in [4.69, 9.17) is 9.47 Å². The van der Waals surface area contributed by atoms with Crippen LogP contribution in [0, 0.1) is 5.92 Å². The van der Waals surface area contributed by atoms with Crippen LogP contribution < -0.4 is 14.8 Å². The van der Waals surface area contributed by atoms with Crippen LogP contribution in [0.15, 0.2) is 46.9 Å². The van der Waals surface area contributed by atoms with Gasteiger partial charge in [0.25, 0.3) is 5.91 Å². The maximum absolute atomic E-state index is 13.4. The number of carbonyl (C=O) groups is 2. The third-order valence-electron chi connectivity index (χ3n) is 5.73. The van der Waals surface area contributed by atoms with Crippen molar-refractivity contribution in [3.63, 3.8) is 0 Å². The van der Waals surface area contributed by atoms with Crippen molar-refractivity contribution in [2.24, 2.45) is 5.92 Å². The van der Waals surface area contributed by atoms with E-state index in [1.165, 1.54) is 0 Å². The first-order valence-corrected chi connectivity index (χ1v) is 12.9. The number of amides is 2. The van der Waals surface area contributed by atoms with Crippen molar-refractivity contribution in [3.8, 4) is 11.5 Å². The molecular formula is C28H39BrN2O4. The second-order valence-electron chi connectivity index (χ2n) is 10.1. The summed E-state index contributed by atoms with van der Waals surface area (Å²) in [6.45, 7) is 13.1. The van der Waals surface area contributed by atoms with Gasteiger partial charge in [-0.15, -0.1) is 0 Å². The Morgan fingerprint density at radius 2 is 1.74 bits per heavy atom. The molecule has 0 aliphatic carbocycles. The van der Waals surface area contributed by atoms with E-state index in [1.807, 2.05) is 63.2 Å². The quantitative estimate of drug-likeness (QED) is 0.391. The number of benzene rings is 2. The Morgan fingerprint density at radius 1 is 1.09 bits per heavy atom. The second kappa shape index (κ2) is 13.0. The predicted octanol–water partition coefficient (Wildman–Crippen LogP) is 5.71. The van der Waals surface area contributed by atoms with E-state index in [0.29, 0.717) is 31.2 Å². The lowest BCUT2D eigenvalue weighted by atomic mass is 9.87. The van der Waals surface area contributed by atoms with Gasteiger partial charge in [0.05, 0.1) is 11.6 Å². The predicted molar refractivity (Wildman–Crippen MR) is 144 cm³/mol. The summed E-state index contributed by atoms with van der Waals surface area (Å²) in [5.41, 5.74) is 2.08. The highest BCUT2D eigenvalue weighted by atomic mass is 79.9. The number of nitrogens with zero attached hydrogens (tertiary/aromatic N) is 1. The largest absolute Gasteiger partial charge is 0.497 e. The van der Waals surface area contributed by atoms with E-state index in [-0.39, 0.29) is 23.8 Å². The van der Waals surface area contributed by atoms with E-state index in [9.17, 15) is 9.59 Å². The summed E-state index contributed by atoms with van der Waals surface area (Å²) in [6.07, 6.45) is 0.496. The molecule has 0 unspecified atom stereocenters. The summed E-state index contributed by atoms with van der Waals surface area (Å²) >= 11 is 3.57. The summed E-state index contributed by atoms with van der Waals surface area (Å²) in [5, 5.41) is 2.97. The molecule has 0 aliphatic rings. The summed E-state index contributed by atoms with van der Waals surface area (Å²) < 4.78 is 11.9. The molecule has 2 aromatic rings. The van der Waals surface area contributed by atoms with Gasteiger partial charge in [-0.1, -0.05) is 59.7 Å². The molecular weight excluding hydrogens is 508 g/mol. The van der Waals surface area contributed by atoms with E-state index < -0.39 is 6.04 Å². The molecule has 0 aliphatic heterocycles. The van der Waals surface area contributed by atoms with Crippen molar-refractivity contribution in [2.75, 3.05) is 20.3 Å². The van der Waals surface area contributed by atoms with Gasteiger partial charge in [0.1, 0.15) is 17.5 Å². The molecule has 0 heterocycles. The van der Waals surface area contributed by atoms with Gasteiger partial charge in [-0.3, -0.25) is 9.59 Å². The van der Waals surface area contributed by atoms with Gasteiger partial charge in [0.15, 0.2) is 6.61 Å². The third-order valence-corrected chi connectivity index (χ3v) is 6.35. The zero-order valence-corrected chi connectivity index (χ0v) is 23.6. The number of hydrogen-bond acceptors (Lipinski definition) is 4. The smallest absolute Gasteiger partial charge is 0.261 e. The highest BCUT2D eigenvalue weighted by molar-refractivity contribution is 9.10. The molecule has 0 bridgehead atoms. The first-order valence-electron chi connectivity index (χ1n) is 12.1. The third kappa shape index (κ3) is 8.57. The Kier molecular flexibility index (Phi) is 10.6. The molecule has 2 rings (SSSR count).